The first-order valence-electron chi connectivity index (χ1n) is 6.21. The standard InChI is InChI=1S/C16H13IO4/c1-9-3-5-11(15(18)19)7-13(9)17-14-8-12(16(20)21)6-4-10(14)2/h3-8H,1-2H3,(H-,18,19,20,21)/p+1. The third-order valence-corrected chi connectivity index (χ3v) is 6.53. The maximum absolute atomic E-state index is 11.1. The van der Waals surface area contributed by atoms with Crippen LogP contribution in [0.4, 0.5) is 0 Å². The molecule has 0 saturated heterocycles. The molecule has 0 bridgehead atoms. The maximum Gasteiger partial charge on any atom is 0.358 e. The topological polar surface area (TPSA) is 74.6 Å². The molecule has 2 N–H and O–H groups in total. The van der Waals surface area contributed by atoms with Gasteiger partial charge in [0, 0.05) is 23.3 Å². The summed E-state index contributed by atoms with van der Waals surface area (Å²) in [5, 5.41) is 18.1. The number of aryl methyl sites for hydroxylation is 2. The third-order valence-electron chi connectivity index (χ3n) is 3.04. The van der Waals surface area contributed by atoms with E-state index in [9.17, 15) is 9.59 Å². The zero-order valence-corrected chi connectivity index (χ0v) is 13.7. The highest BCUT2D eigenvalue weighted by Crippen LogP contribution is 2.05. The van der Waals surface area contributed by atoms with Gasteiger partial charge in [0.05, 0.1) is 11.1 Å². The van der Waals surface area contributed by atoms with E-state index in [4.69, 9.17) is 10.2 Å². The predicted molar refractivity (Wildman–Crippen MR) is 73.7 cm³/mol. The van der Waals surface area contributed by atoms with Gasteiger partial charge in [0.1, 0.15) is 0 Å². The van der Waals surface area contributed by atoms with E-state index >= 15 is 0 Å². The van der Waals surface area contributed by atoms with E-state index < -0.39 is 33.1 Å². The molecule has 2 aromatic carbocycles. The Hall–Kier alpha value is -1.89. The molecule has 0 heterocycles. The van der Waals surface area contributed by atoms with Crippen molar-refractivity contribution in [2.24, 2.45) is 0 Å². The van der Waals surface area contributed by atoms with Crippen LogP contribution in [-0.2, 0) is 0 Å². The molecule has 2 aromatic rings. The van der Waals surface area contributed by atoms with Crippen molar-refractivity contribution in [1.82, 2.24) is 0 Å². The second-order valence-electron chi connectivity index (χ2n) is 4.63. The Morgan fingerprint density at radius 1 is 0.810 bits per heavy atom. The lowest BCUT2D eigenvalue weighted by atomic mass is 10.1. The highest BCUT2D eigenvalue weighted by Gasteiger charge is 2.23. The molecule has 2 rings (SSSR count). The number of hydrogen-bond donors (Lipinski definition) is 2. The van der Waals surface area contributed by atoms with Crippen molar-refractivity contribution in [2.45, 2.75) is 13.8 Å². The lowest BCUT2D eigenvalue weighted by Crippen LogP contribution is -3.62. The largest absolute Gasteiger partial charge is 0.478 e. The Morgan fingerprint density at radius 3 is 1.52 bits per heavy atom. The lowest BCUT2D eigenvalue weighted by molar-refractivity contribution is -0.598. The third kappa shape index (κ3) is 3.60. The van der Waals surface area contributed by atoms with Crippen LogP contribution < -0.4 is 21.2 Å². The second kappa shape index (κ2) is 6.26. The van der Waals surface area contributed by atoms with Gasteiger partial charge >= 0.3 is 33.1 Å². The minimum atomic E-state index is -0.948. The van der Waals surface area contributed by atoms with Crippen LogP contribution in [0.2, 0.25) is 0 Å². The van der Waals surface area contributed by atoms with Crippen LogP contribution >= 0.6 is 0 Å². The van der Waals surface area contributed by atoms with Crippen LogP contribution in [-0.4, -0.2) is 22.2 Å². The molecule has 0 fully saturated rings. The number of aromatic carboxylic acids is 2. The van der Waals surface area contributed by atoms with Crippen molar-refractivity contribution in [3.63, 3.8) is 0 Å². The van der Waals surface area contributed by atoms with Crippen molar-refractivity contribution in [1.29, 1.82) is 0 Å². The zero-order valence-electron chi connectivity index (χ0n) is 11.6. The summed E-state index contributed by atoms with van der Waals surface area (Å²) in [6.45, 7) is 3.88. The summed E-state index contributed by atoms with van der Waals surface area (Å²) in [6.07, 6.45) is 0. The van der Waals surface area contributed by atoms with Crippen molar-refractivity contribution in [3.05, 3.63) is 65.8 Å². The van der Waals surface area contributed by atoms with Crippen LogP contribution in [0.3, 0.4) is 0 Å². The van der Waals surface area contributed by atoms with Gasteiger partial charge in [-0.1, -0.05) is 12.1 Å². The molecule has 0 amide bonds. The van der Waals surface area contributed by atoms with E-state index in [1.807, 2.05) is 13.8 Å². The number of carbonyl (C=O) groups is 2. The minimum absolute atomic E-state index is 0.266. The lowest BCUT2D eigenvalue weighted by Gasteiger charge is -1.99. The molecular weight excluding hydrogens is 383 g/mol. The normalized spacial score (nSPS) is 10.4. The molecule has 0 atom stereocenters. The molecule has 108 valence electrons. The summed E-state index contributed by atoms with van der Waals surface area (Å²) in [5.74, 6) is -1.90. The molecule has 0 aliphatic rings. The molecule has 0 aliphatic carbocycles. The van der Waals surface area contributed by atoms with Crippen molar-refractivity contribution < 1.29 is 41.0 Å². The van der Waals surface area contributed by atoms with Gasteiger partial charge in [-0.05, 0) is 26.0 Å². The summed E-state index contributed by atoms with van der Waals surface area (Å²) in [4.78, 5) is 22.1. The summed E-state index contributed by atoms with van der Waals surface area (Å²) >= 11 is -0.626. The Kier molecular flexibility index (Phi) is 4.62. The van der Waals surface area contributed by atoms with Crippen molar-refractivity contribution in [3.8, 4) is 0 Å². The predicted octanol–water partition coefficient (Wildman–Crippen LogP) is -0.172. The molecule has 21 heavy (non-hydrogen) atoms. The summed E-state index contributed by atoms with van der Waals surface area (Å²) in [5.41, 5.74) is 2.60. The first-order valence-corrected chi connectivity index (χ1v) is 8.37. The molecule has 0 aromatic heterocycles. The fourth-order valence-electron chi connectivity index (χ4n) is 1.77. The molecule has 0 saturated carbocycles. The zero-order chi connectivity index (χ0) is 15.6. The molecule has 0 unspecified atom stereocenters. The number of carboxylic acids is 2. The molecule has 0 spiro atoms. The summed E-state index contributed by atoms with van der Waals surface area (Å²) in [6, 6.07) is 10.2. The monoisotopic (exact) mass is 397 g/mol. The van der Waals surface area contributed by atoms with Crippen LogP contribution in [0.25, 0.3) is 0 Å². The van der Waals surface area contributed by atoms with E-state index in [0.717, 1.165) is 18.3 Å². The molecule has 0 radical (unpaired) electrons. The van der Waals surface area contributed by atoms with Crippen LogP contribution in [0.1, 0.15) is 31.8 Å². The van der Waals surface area contributed by atoms with Gasteiger partial charge < -0.3 is 10.2 Å². The quantitative estimate of drug-likeness (QED) is 0.703. The SMILES string of the molecule is Cc1ccc(C(=O)O)cc1[I+]c1cc(C(=O)O)ccc1C. The van der Waals surface area contributed by atoms with E-state index in [0.29, 0.717) is 0 Å². The average Bonchev–Trinajstić information content (AvgIpc) is 2.43. The Bertz CT molecular complexity index is 661. The molecule has 4 nitrogen and oxygen atoms in total. The minimum Gasteiger partial charge on any atom is -0.478 e. The average molecular weight is 397 g/mol. The van der Waals surface area contributed by atoms with E-state index in [2.05, 4.69) is 0 Å². The first-order chi connectivity index (χ1) is 9.88. The fourth-order valence-corrected chi connectivity index (χ4v) is 4.58. The Labute approximate surface area is 132 Å². The first kappa shape index (κ1) is 15.5. The maximum atomic E-state index is 11.1. The Balaban J connectivity index is 2.42. The van der Waals surface area contributed by atoms with Crippen LogP contribution in [0.15, 0.2) is 36.4 Å². The summed E-state index contributed by atoms with van der Waals surface area (Å²) < 4.78 is 2.00. The molecule has 0 aliphatic heterocycles. The van der Waals surface area contributed by atoms with Crippen molar-refractivity contribution >= 4 is 11.9 Å². The van der Waals surface area contributed by atoms with Crippen LogP contribution in [0.5, 0.6) is 0 Å². The van der Waals surface area contributed by atoms with E-state index in [1.165, 1.54) is 0 Å². The number of rotatable bonds is 4. The highest BCUT2D eigenvalue weighted by molar-refractivity contribution is 5.88. The van der Waals surface area contributed by atoms with Crippen LogP contribution in [0, 0.1) is 21.0 Å². The molecular formula is C16H14IO4+. The Morgan fingerprint density at radius 2 is 1.19 bits per heavy atom. The van der Waals surface area contributed by atoms with Gasteiger partial charge in [0.25, 0.3) is 0 Å². The van der Waals surface area contributed by atoms with Crippen molar-refractivity contribution in [2.75, 3.05) is 0 Å². The number of halogens is 1. The van der Waals surface area contributed by atoms with Gasteiger partial charge in [0.2, 0.25) is 0 Å². The van der Waals surface area contributed by atoms with Gasteiger partial charge in [-0.25, -0.2) is 9.59 Å². The van der Waals surface area contributed by atoms with Gasteiger partial charge in [-0.3, -0.25) is 0 Å². The van der Waals surface area contributed by atoms with Gasteiger partial charge in [0.15, 0.2) is 7.14 Å². The van der Waals surface area contributed by atoms with Gasteiger partial charge in [-0.15, -0.1) is 0 Å². The second-order valence-corrected chi connectivity index (χ2v) is 7.50. The van der Waals surface area contributed by atoms with E-state index in [-0.39, 0.29) is 11.1 Å². The number of carboxylic acid groups (broad SMARTS) is 2. The highest BCUT2D eigenvalue weighted by atomic mass is 127. The fraction of sp³-hybridized carbons (Fsp3) is 0.125. The number of hydrogen-bond acceptors (Lipinski definition) is 2. The number of benzene rings is 2. The van der Waals surface area contributed by atoms with Gasteiger partial charge in [-0.2, -0.15) is 0 Å². The summed E-state index contributed by atoms with van der Waals surface area (Å²) in [7, 11) is 0. The smallest absolute Gasteiger partial charge is 0.358 e. The van der Waals surface area contributed by atoms with E-state index in [1.54, 1.807) is 36.4 Å². The molecule has 5 heteroatoms.